The van der Waals surface area contributed by atoms with E-state index in [1.807, 2.05) is 6.08 Å². The predicted molar refractivity (Wildman–Crippen MR) is 149 cm³/mol. The quantitative estimate of drug-likeness (QED) is 0.157. The molecule has 1 atom stereocenters. The van der Waals surface area contributed by atoms with Crippen molar-refractivity contribution < 1.29 is 9.53 Å². The number of nitrogens with one attached hydrogen (secondary N) is 1. The average molecular weight is 497 g/mol. The second kappa shape index (κ2) is 11.2. The van der Waals surface area contributed by atoms with Crippen molar-refractivity contribution in [2.24, 2.45) is 0 Å². The number of hydrogen-bond donors (Lipinski definition) is 1. The number of rotatable bonds is 9. The molecule has 1 unspecified atom stereocenters. The Morgan fingerprint density at radius 3 is 2.78 bits per heavy atom. The van der Waals surface area contributed by atoms with Crippen LogP contribution in [0.15, 0.2) is 83.9 Å². The third-order valence-corrected chi connectivity index (χ3v) is 7.90. The molecule has 184 valence electrons. The lowest BCUT2D eigenvalue weighted by Crippen LogP contribution is -2.29. The molecule has 1 aliphatic rings. The molecule has 1 aromatic heterocycles. The van der Waals surface area contributed by atoms with Gasteiger partial charge in [0.25, 0.3) is 0 Å². The second-order valence-electron chi connectivity index (χ2n) is 9.30. The molecule has 4 aromatic rings. The van der Waals surface area contributed by atoms with E-state index in [2.05, 4.69) is 89.1 Å². The normalized spacial score (nSPS) is 15.1. The first kappa shape index (κ1) is 24.4. The summed E-state index contributed by atoms with van der Waals surface area (Å²) in [5.41, 5.74) is 7.74. The lowest BCUT2D eigenvalue weighted by molar-refractivity contribution is -0.134. The van der Waals surface area contributed by atoms with Crippen molar-refractivity contribution in [3.63, 3.8) is 0 Å². The van der Waals surface area contributed by atoms with E-state index < -0.39 is 0 Å². The maximum atomic E-state index is 11.5. The topological polar surface area (TPSA) is 45.3 Å². The maximum absolute atomic E-state index is 11.5. The van der Waals surface area contributed by atoms with Crippen molar-refractivity contribution >= 4 is 34.7 Å². The number of nitrogens with zero attached hydrogens (tertiary/aromatic N) is 1. The largest absolute Gasteiger partial charge is 0.466 e. The summed E-state index contributed by atoms with van der Waals surface area (Å²) in [4.78, 5) is 18.9. The van der Waals surface area contributed by atoms with E-state index in [1.165, 1.54) is 51.2 Å². The van der Waals surface area contributed by atoms with Gasteiger partial charge in [-0.3, -0.25) is 4.90 Å². The van der Waals surface area contributed by atoms with Crippen LogP contribution >= 0.6 is 11.8 Å². The lowest BCUT2D eigenvalue weighted by atomic mass is 10.0. The van der Waals surface area contributed by atoms with Crippen LogP contribution in [-0.2, 0) is 28.9 Å². The molecule has 1 aliphatic carbocycles. The number of methoxy groups -OCH3 is 1. The van der Waals surface area contributed by atoms with Gasteiger partial charge < -0.3 is 9.72 Å². The third-order valence-electron chi connectivity index (χ3n) is 7.15. The van der Waals surface area contributed by atoms with Crippen molar-refractivity contribution in [3.05, 3.63) is 107 Å². The second-order valence-corrected chi connectivity index (χ2v) is 10.2. The number of hydrogen-bond acceptors (Lipinski definition) is 4. The Labute approximate surface area is 217 Å². The SMILES string of the molecule is COC(=O)C=Cc1ccc2c(c1)CCC2N(CCc1c[nH]c2ccccc12)Cc1ccc(SC)cc1. The Bertz CT molecular complexity index is 1370. The van der Waals surface area contributed by atoms with Crippen LogP contribution in [0.25, 0.3) is 17.0 Å². The van der Waals surface area contributed by atoms with Gasteiger partial charge in [0.1, 0.15) is 0 Å². The van der Waals surface area contributed by atoms with Gasteiger partial charge in [0.15, 0.2) is 0 Å². The van der Waals surface area contributed by atoms with Crippen molar-refractivity contribution in [3.8, 4) is 0 Å². The Kier molecular flexibility index (Phi) is 7.59. The van der Waals surface area contributed by atoms with Crippen molar-refractivity contribution in [2.45, 2.75) is 36.7 Å². The molecule has 0 saturated carbocycles. The molecule has 3 aromatic carbocycles. The van der Waals surface area contributed by atoms with Gasteiger partial charge in [0.2, 0.25) is 0 Å². The number of para-hydroxylation sites is 1. The summed E-state index contributed by atoms with van der Waals surface area (Å²) in [5.74, 6) is -0.329. The van der Waals surface area contributed by atoms with E-state index in [-0.39, 0.29) is 5.97 Å². The van der Waals surface area contributed by atoms with Crippen LogP contribution in [0.5, 0.6) is 0 Å². The van der Waals surface area contributed by atoms with Gasteiger partial charge in [-0.15, -0.1) is 11.8 Å². The van der Waals surface area contributed by atoms with Crippen LogP contribution in [0.2, 0.25) is 0 Å². The number of carbonyl (C=O) groups is 1. The van der Waals surface area contributed by atoms with Crippen molar-refractivity contribution in [2.75, 3.05) is 19.9 Å². The van der Waals surface area contributed by atoms with Crippen molar-refractivity contribution in [1.82, 2.24) is 9.88 Å². The van der Waals surface area contributed by atoms with Crippen LogP contribution in [0.4, 0.5) is 0 Å². The Morgan fingerprint density at radius 1 is 1.14 bits per heavy atom. The summed E-state index contributed by atoms with van der Waals surface area (Å²) in [6.45, 7) is 1.91. The van der Waals surface area contributed by atoms with E-state index in [1.54, 1.807) is 11.8 Å². The zero-order valence-electron chi connectivity index (χ0n) is 20.9. The van der Waals surface area contributed by atoms with E-state index >= 15 is 0 Å². The fraction of sp³-hybridized carbons (Fsp3) is 0.258. The fourth-order valence-corrected chi connectivity index (χ4v) is 5.65. The number of aromatic nitrogens is 1. The number of aromatic amines is 1. The number of aryl methyl sites for hydroxylation is 1. The van der Waals surface area contributed by atoms with Gasteiger partial charge in [-0.1, -0.05) is 48.5 Å². The summed E-state index contributed by atoms with van der Waals surface area (Å²) in [6.07, 6.45) is 10.8. The zero-order chi connectivity index (χ0) is 24.9. The highest BCUT2D eigenvalue weighted by Crippen LogP contribution is 2.37. The van der Waals surface area contributed by atoms with Gasteiger partial charge in [0, 0.05) is 47.2 Å². The number of ether oxygens (including phenoxy) is 1. The number of carbonyl (C=O) groups excluding carboxylic acids is 1. The minimum atomic E-state index is -0.329. The number of H-pyrrole nitrogens is 1. The summed E-state index contributed by atoms with van der Waals surface area (Å²) in [6, 6.07) is 24.5. The highest BCUT2D eigenvalue weighted by atomic mass is 32.2. The molecular formula is C31H32N2O2S. The van der Waals surface area contributed by atoms with E-state index in [0.717, 1.165) is 37.9 Å². The van der Waals surface area contributed by atoms with Gasteiger partial charge in [-0.25, -0.2) is 4.79 Å². The number of thioether (sulfide) groups is 1. The highest BCUT2D eigenvalue weighted by molar-refractivity contribution is 7.98. The summed E-state index contributed by atoms with van der Waals surface area (Å²) >= 11 is 1.78. The molecule has 0 aliphatic heterocycles. The van der Waals surface area contributed by atoms with Gasteiger partial charge in [0.05, 0.1) is 7.11 Å². The molecule has 0 spiro atoms. The smallest absolute Gasteiger partial charge is 0.330 e. The number of esters is 1. The standard InChI is InChI=1S/C31H32N2O2S/c1-35-31(34)16-10-22-9-14-28-24(19-22)11-15-30(28)33(21-23-7-12-26(36-2)13-8-23)18-17-25-20-32-29-6-4-3-5-27(25)29/h3-10,12-14,16,19-20,30,32H,11,15,17-18,21H2,1-2H3. The zero-order valence-corrected chi connectivity index (χ0v) is 21.7. The van der Waals surface area contributed by atoms with E-state index in [9.17, 15) is 4.79 Å². The minimum Gasteiger partial charge on any atom is -0.466 e. The van der Waals surface area contributed by atoms with Crippen molar-refractivity contribution in [1.29, 1.82) is 0 Å². The Hall–Kier alpha value is -3.28. The maximum Gasteiger partial charge on any atom is 0.330 e. The van der Waals surface area contributed by atoms with E-state index in [4.69, 9.17) is 4.74 Å². The predicted octanol–water partition coefficient (Wildman–Crippen LogP) is 6.81. The van der Waals surface area contributed by atoms with Crippen LogP contribution in [-0.4, -0.2) is 35.8 Å². The van der Waals surface area contributed by atoms with Crippen LogP contribution in [0.3, 0.4) is 0 Å². The van der Waals surface area contributed by atoms with Crippen LogP contribution < -0.4 is 0 Å². The molecule has 0 radical (unpaired) electrons. The number of fused-ring (bicyclic) bond motifs is 2. The van der Waals surface area contributed by atoms with Crippen LogP contribution in [0, 0.1) is 0 Å². The molecule has 0 fully saturated rings. The number of benzene rings is 3. The summed E-state index contributed by atoms with van der Waals surface area (Å²) < 4.78 is 4.73. The molecule has 0 bridgehead atoms. The van der Waals surface area contributed by atoms with Gasteiger partial charge >= 0.3 is 5.97 Å². The monoisotopic (exact) mass is 496 g/mol. The summed E-state index contributed by atoms with van der Waals surface area (Å²) in [5, 5.41) is 1.32. The molecule has 1 N–H and O–H groups in total. The first-order valence-corrected chi connectivity index (χ1v) is 13.7. The fourth-order valence-electron chi connectivity index (χ4n) is 5.24. The van der Waals surface area contributed by atoms with Gasteiger partial charge in [-0.05, 0) is 77.6 Å². The molecule has 4 nitrogen and oxygen atoms in total. The first-order chi connectivity index (χ1) is 17.6. The molecule has 0 saturated heterocycles. The molecule has 5 heteroatoms. The Morgan fingerprint density at radius 2 is 1.97 bits per heavy atom. The molecule has 0 amide bonds. The van der Waals surface area contributed by atoms with E-state index in [0.29, 0.717) is 6.04 Å². The minimum absolute atomic E-state index is 0.329. The molecule has 1 heterocycles. The molecule has 36 heavy (non-hydrogen) atoms. The first-order valence-electron chi connectivity index (χ1n) is 12.5. The third kappa shape index (κ3) is 5.43. The Balaban J connectivity index is 1.39. The highest BCUT2D eigenvalue weighted by Gasteiger charge is 2.28. The van der Waals surface area contributed by atoms with Gasteiger partial charge in [-0.2, -0.15) is 0 Å². The molecule has 5 rings (SSSR count). The van der Waals surface area contributed by atoms with Crippen LogP contribution in [0.1, 0.15) is 40.3 Å². The summed E-state index contributed by atoms with van der Waals surface area (Å²) in [7, 11) is 1.40. The lowest BCUT2D eigenvalue weighted by Gasteiger charge is -2.30. The average Bonchev–Trinajstić information content (AvgIpc) is 3.54. The molecular weight excluding hydrogens is 464 g/mol.